The van der Waals surface area contributed by atoms with Crippen LogP contribution in [0.25, 0.3) is 11.0 Å². The van der Waals surface area contributed by atoms with Gasteiger partial charge in [0.15, 0.2) is 0 Å². The van der Waals surface area contributed by atoms with E-state index in [1.807, 2.05) is 31.2 Å². The molecule has 1 atom stereocenters. The summed E-state index contributed by atoms with van der Waals surface area (Å²) < 4.78 is 0. The molecular formula is C16H20N4O2S. The fourth-order valence-electron chi connectivity index (χ4n) is 2.73. The molecule has 1 aromatic heterocycles. The molecule has 2 amide bonds. The van der Waals surface area contributed by atoms with E-state index in [-0.39, 0.29) is 17.9 Å². The number of para-hydroxylation sites is 2. The van der Waals surface area contributed by atoms with Gasteiger partial charge < -0.3 is 14.8 Å². The summed E-state index contributed by atoms with van der Waals surface area (Å²) in [7, 11) is 1.76. The Hall–Kier alpha value is -2.02. The molecule has 0 radical (unpaired) electrons. The van der Waals surface area contributed by atoms with Crippen LogP contribution in [0.1, 0.15) is 19.2 Å². The highest BCUT2D eigenvalue weighted by molar-refractivity contribution is 7.99. The Kier molecular flexibility index (Phi) is 4.56. The fourth-order valence-corrected chi connectivity index (χ4v) is 3.91. The molecule has 1 aliphatic heterocycles. The molecule has 0 unspecified atom stereocenters. The van der Waals surface area contributed by atoms with Crippen LogP contribution >= 0.6 is 11.8 Å². The van der Waals surface area contributed by atoms with Gasteiger partial charge >= 0.3 is 0 Å². The summed E-state index contributed by atoms with van der Waals surface area (Å²) in [5.74, 6) is 2.01. The van der Waals surface area contributed by atoms with Crippen molar-refractivity contribution in [1.29, 1.82) is 0 Å². The van der Waals surface area contributed by atoms with Gasteiger partial charge in [-0.3, -0.25) is 9.59 Å². The average molecular weight is 332 g/mol. The Balaban J connectivity index is 1.70. The molecule has 23 heavy (non-hydrogen) atoms. The third-order valence-electron chi connectivity index (χ3n) is 3.99. The summed E-state index contributed by atoms with van der Waals surface area (Å²) in [5, 5.41) is 0. The van der Waals surface area contributed by atoms with Crippen molar-refractivity contribution in [2.75, 3.05) is 18.7 Å². The highest BCUT2D eigenvalue weighted by atomic mass is 32.2. The lowest BCUT2D eigenvalue weighted by molar-refractivity contribution is -0.142. The summed E-state index contributed by atoms with van der Waals surface area (Å²) >= 11 is 1.62. The molecule has 2 heterocycles. The van der Waals surface area contributed by atoms with Crippen molar-refractivity contribution in [3.05, 3.63) is 30.1 Å². The van der Waals surface area contributed by atoms with Crippen molar-refractivity contribution in [3.63, 3.8) is 0 Å². The Bertz CT molecular complexity index is 697. The second-order valence-corrected chi connectivity index (χ2v) is 6.63. The zero-order valence-electron chi connectivity index (χ0n) is 13.3. The number of aromatic amines is 1. The van der Waals surface area contributed by atoms with Gasteiger partial charge in [0.2, 0.25) is 11.8 Å². The first kappa shape index (κ1) is 15.9. The molecule has 0 aliphatic carbocycles. The number of rotatable bonds is 4. The second-order valence-electron chi connectivity index (χ2n) is 5.63. The number of hydrogen-bond donors (Lipinski definition) is 1. The van der Waals surface area contributed by atoms with Crippen LogP contribution in [0.5, 0.6) is 0 Å². The number of fused-ring (bicyclic) bond motifs is 1. The number of benzene rings is 1. The molecule has 3 rings (SSSR count). The lowest BCUT2D eigenvalue weighted by Crippen LogP contribution is -2.47. The minimum atomic E-state index is -0.359. The second kappa shape index (κ2) is 6.62. The monoisotopic (exact) mass is 332 g/mol. The third kappa shape index (κ3) is 3.19. The Morgan fingerprint density at radius 3 is 2.96 bits per heavy atom. The van der Waals surface area contributed by atoms with Gasteiger partial charge in [0, 0.05) is 19.2 Å². The lowest BCUT2D eigenvalue weighted by atomic mass is 10.2. The predicted molar refractivity (Wildman–Crippen MR) is 90.8 cm³/mol. The molecule has 6 nitrogen and oxygen atoms in total. The lowest BCUT2D eigenvalue weighted by Gasteiger charge is -2.26. The number of aromatic nitrogens is 2. The van der Waals surface area contributed by atoms with E-state index in [0.29, 0.717) is 24.6 Å². The van der Waals surface area contributed by atoms with E-state index in [4.69, 9.17) is 0 Å². The minimum absolute atomic E-state index is 0.0303. The van der Waals surface area contributed by atoms with Crippen LogP contribution in [0.2, 0.25) is 0 Å². The molecule has 1 fully saturated rings. The predicted octanol–water partition coefficient (Wildman–Crippen LogP) is 1.83. The summed E-state index contributed by atoms with van der Waals surface area (Å²) in [5.41, 5.74) is 1.85. The van der Waals surface area contributed by atoms with Crippen LogP contribution in [0.15, 0.2) is 24.3 Å². The number of thioether (sulfide) groups is 1. The molecule has 7 heteroatoms. The maximum absolute atomic E-state index is 12.7. The molecule has 0 saturated carbocycles. The minimum Gasteiger partial charge on any atom is -0.340 e. The number of hydrogen-bond acceptors (Lipinski definition) is 4. The van der Waals surface area contributed by atoms with Crippen LogP contribution in [0.4, 0.5) is 0 Å². The van der Waals surface area contributed by atoms with Crippen LogP contribution < -0.4 is 0 Å². The number of nitrogens with zero attached hydrogens (tertiary/aromatic N) is 3. The highest BCUT2D eigenvalue weighted by Crippen LogP contribution is 2.23. The normalized spacial score (nSPS) is 17.7. The Morgan fingerprint density at radius 1 is 1.43 bits per heavy atom. The van der Waals surface area contributed by atoms with Crippen molar-refractivity contribution in [1.82, 2.24) is 19.8 Å². The van der Waals surface area contributed by atoms with E-state index in [2.05, 4.69) is 9.97 Å². The molecule has 2 aromatic rings. The standard InChI is InChI=1S/C16H20N4O2S/c1-3-15(21)20-10-23-9-13(20)16(22)19(2)8-14-17-11-6-4-5-7-12(11)18-14/h4-7,13H,3,8-10H2,1-2H3,(H,17,18)/t13-/m1/s1. The maximum Gasteiger partial charge on any atom is 0.246 e. The summed E-state index contributed by atoms with van der Waals surface area (Å²) in [6, 6.07) is 7.42. The molecule has 1 aromatic carbocycles. The van der Waals surface area contributed by atoms with Crippen molar-refractivity contribution in [2.24, 2.45) is 0 Å². The number of likely N-dealkylation sites (N-methyl/N-ethyl adjacent to an activating group) is 1. The van der Waals surface area contributed by atoms with Gasteiger partial charge in [-0.1, -0.05) is 19.1 Å². The zero-order chi connectivity index (χ0) is 16.4. The average Bonchev–Trinajstić information content (AvgIpc) is 3.19. The van der Waals surface area contributed by atoms with Gasteiger partial charge in [0.05, 0.1) is 23.5 Å². The van der Waals surface area contributed by atoms with Gasteiger partial charge in [-0.2, -0.15) is 0 Å². The number of carbonyl (C=O) groups is 2. The maximum atomic E-state index is 12.7. The van der Waals surface area contributed by atoms with Crippen molar-refractivity contribution >= 4 is 34.6 Å². The van der Waals surface area contributed by atoms with Crippen LogP contribution in [-0.2, 0) is 16.1 Å². The van der Waals surface area contributed by atoms with E-state index < -0.39 is 0 Å². The van der Waals surface area contributed by atoms with E-state index in [0.717, 1.165) is 16.9 Å². The van der Waals surface area contributed by atoms with E-state index >= 15 is 0 Å². The van der Waals surface area contributed by atoms with Crippen molar-refractivity contribution in [2.45, 2.75) is 25.9 Å². The first-order chi connectivity index (χ1) is 11.1. The number of nitrogens with one attached hydrogen (secondary N) is 1. The van der Waals surface area contributed by atoms with Crippen LogP contribution in [0, 0.1) is 0 Å². The molecule has 0 bridgehead atoms. The first-order valence-corrected chi connectivity index (χ1v) is 8.81. The topological polar surface area (TPSA) is 69.3 Å². The molecule has 1 aliphatic rings. The number of carbonyl (C=O) groups excluding carboxylic acids is 2. The van der Waals surface area contributed by atoms with Gasteiger partial charge in [-0.15, -0.1) is 11.8 Å². The van der Waals surface area contributed by atoms with Crippen molar-refractivity contribution in [3.8, 4) is 0 Å². The first-order valence-electron chi connectivity index (χ1n) is 7.66. The van der Waals surface area contributed by atoms with Gasteiger partial charge in [0.25, 0.3) is 0 Å². The quantitative estimate of drug-likeness (QED) is 0.927. The fraction of sp³-hybridized carbons (Fsp3) is 0.438. The van der Waals surface area contributed by atoms with E-state index in [9.17, 15) is 9.59 Å². The smallest absolute Gasteiger partial charge is 0.246 e. The van der Waals surface area contributed by atoms with Gasteiger partial charge in [-0.25, -0.2) is 4.98 Å². The molecule has 1 N–H and O–H groups in total. The zero-order valence-corrected chi connectivity index (χ0v) is 14.1. The molecular weight excluding hydrogens is 312 g/mol. The van der Waals surface area contributed by atoms with E-state index in [1.165, 1.54) is 0 Å². The molecule has 0 spiro atoms. The van der Waals surface area contributed by atoms with Gasteiger partial charge in [-0.05, 0) is 12.1 Å². The SMILES string of the molecule is CCC(=O)N1CSC[C@@H]1C(=O)N(C)Cc1nc2ccccc2[nH]1. The number of amides is 2. The summed E-state index contributed by atoms with van der Waals surface area (Å²) in [6.45, 7) is 2.23. The highest BCUT2D eigenvalue weighted by Gasteiger charge is 2.35. The number of imidazole rings is 1. The third-order valence-corrected chi connectivity index (χ3v) is 5.00. The van der Waals surface area contributed by atoms with Crippen LogP contribution in [-0.4, -0.2) is 56.3 Å². The van der Waals surface area contributed by atoms with Crippen LogP contribution in [0.3, 0.4) is 0 Å². The largest absolute Gasteiger partial charge is 0.340 e. The van der Waals surface area contributed by atoms with E-state index in [1.54, 1.807) is 28.6 Å². The summed E-state index contributed by atoms with van der Waals surface area (Å²) in [6.07, 6.45) is 0.428. The molecule has 1 saturated heterocycles. The Labute approximate surface area is 139 Å². The van der Waals surface area contributed by atoms with Gasteiger partial charge in [0.1, 0.15) is 11.9 Å². The molecule has 122 valence electrons. The Morgan fingerprint density at radius 2 is 2.22 bits per heavy atom. The summed E-state index contributed by atoms with van der Waals surface area (Å²) in [4.78, 5) is 35.7. The van der Waals surface area contributed by atoms with Crippen molar-refractivity contribution < 1.29 is 9.59 Å². The number of H-pyrrole nitrogens is 1.